The zero-order chi connectivity index (χ0) is 13.0. The molecule has 18 heavy (non-hydrogen) atoms. The molecule has 0 aliphatic carbocycles. The number of benzene rings is 2. The molecule has 0 unspecified atom stereocenters. The normalized spacial score (nSPS) is 10.1. The molecule has 0 saturated heterocycles. The van der Waals surface area contributed by atoms with Crippen LogP contribution < -0.4 is 4.74 Å². The van der Waals surface area contributed by atoms with Gasteiger partial charge in [-0.25, -0.2) is 4.39 Å². The predicted molar refractivity (Wildman–Crippen MR) is 68.4 cm³/mol. The van der Waals surface area contributed by atoms with E-state index in [1.54, 1.807) is 18.2 Å². The van der Waals surface area contributed by atoms with Crippen LogP contribution in [0.25, 0.3) is 11.1 Å². The van der Waals surface area contributed by atoms with Crippen LogP contribution in [0.15, 0.2) is 42.5 Å². The van der Waals surface area contributed by atoms with Crippen molar-refractivity contribution in [1.29, 1.82) is 0 Å². The largest absolute Gasteiger partial charge is 0.493 e. The van der Waals surface area contributed by atoms with Gasteiger partial charge in [0.15, 0.2) is 6.29 Å². The molecule has 0 atom stereocenters. The standard InChI is InChI=1S/C15H13FO2/c1-2-18-15-9-12(16)7-8-14(15)13-6-4-3-5-11(13)10-17/h3-10H,2H2,1H3. The summed E-state index contributed by atoms with van der Waals surface area (Å²) in [6, 6.07) is 11.5. The number of aldehydes is 1. The van der Waals surface area contributed by atoms with Crippen molar-refractivity contribution in [3.63, 3.8) is 0 Å². The topological polar surface area (TPSA) is 26.3 Å². The Morgan fingerprint density at radius 1 is 1.17 bits per heavy atom. The molecule has 0 amide bonds. The van der Waals surface area contributed by atoms with Gasteiger partial charge < -0.3 is 4.74 Å². The average molecular weight is 244 g/mol. The first-order valence-electron chi connectivity index (χ1n) is 5.73. The molecule has 0 spiro atoms. The molecular formula is C15H13FO2. The van der Waals surface area contributed by atoms with Gasteiger partial charge in [0, 0.05) is 17.2 Å². The van der Waals surface area contributed by atoms with Gasteiger partial charge in [-0.05, 0) is 24.6 Å². The van der Waals surface area contributed by atoms with Gasteiger partial charge in [0.2, 0.25) is 0 Å². The van der Waals surface area contributed by atoms with E-state index in [1.165, 1.54) is 12.1 Å². The van der Waals surface area contributed by atoms with Gasteiger partial charge in [0.1, 0.15) is 11.6 Å². The number of ether oxygens (including phenoxy) is 1. The summed E-state index contributed by atoms with van der Waals surface area (Å²) in [4.78, 5) is 11.0. The van der Waals surface area contributed by atoms with Gasteiger partial charge in [-0.2, -0.15) is 0 Å². The maximum atomic E-state index is 13.2. The number of halogens is 1. The lowest BCUT2D eigenvalue weighted by molar-refractivity contribution is 0.112. The van der Waals surface area contributed by atoms with Crippen molar-refractivity contribution in [2.24, 2.45) is 0 Å². The summed E-state index contributed by atoms with van der Waals surface area (Å²) in [5.74, 6) is 0.0950. The van der Waals surface area contributed by atoms with Crippen LogP contribution in [0, 0.1) is 5.82 Å². The molecule has 0 N–H and O–H groups in total. The molecule has 2 aromatic rings. The van der Waals surface area contributed by atoms with Gasteiger partial charge >= 0.3 is 0 Å². The Bertz CT molecular complexity index is 564. The van der Waals surface area contributed by atoms with Crippen LogP contribution in [0.4, 0.5) is 4.39 Å². The van der Waals surface area contributed by atoms with Crippen LogP contribution in [0.3, 0.4) is 0 Å². The van der Waals surface area contributed by atoms with Gasteiger partial charge in [0.25, 0.3) is 0 Å². The third-order valence-electron chi connectivity index (χ3n) is 2.62. The van der Waals surface area contributed by atoms with Crippen LogP contribution in [-0.4, -0.2) is 12.9 Å². The first-order chi connectivity index (χ1) is 8.76. The summed E-state index contributed by atoms with van der Waals surface area (Å²) >= 11 is 0. The Morgan fingerprint density at radius 3 is 2.67 bits per heavy atom. The maximum Gasteiger partial charge on any atom is 0.150 e. The lowest BCUT2D eigenvalue weighted by Crippen LogP contribution is -1.96. The minimum absolute atomic E-state index is 0.356. The predicted octanol–water partition coefficient (Wildman–Crippen LogP) is 3.70. The fraction of sp³-hybridized carbons (Fsp3) is 0.133. The molecule has 2 rings (SSSR count). The van der Waals surface area contributed by atoms with Crippen molar-refractivity contribution in [2.75, 3.05) is 6.61 Å². The number of carbonyl (C=O) groups is 1. The number of hydrogen-bond donors (Lipinski definition) is 0. The van der Waals surface area contributed by atoms with Crippen LogP contribution in [0.1, 0.15) is 17.3 Å². The van der Waals surface area contributed by atoms with Gasteiger partial charge in [0.05, 0.1) is 6.61 Å². The lowest BCUT2D eigenvalue weighted by Gasteiger charge is -2.11. The molecular weight excluding hydrogens is 231 g/mol. The number of rotatable bonds is 4. The molecule has 2 nitrogen and oxygen atoms in total. The minimum Gasteiger partial charge on any atom is -0.493 e. The van der Waals surface area contributed by atoms with E-state index >= 15 is 0 Å². The van der Waals surface area contributed by atoms with Crippen molar-refractivity contribution >= 4 is 6.29 Å². The van der Waals surface area contributed by atoms with Crippen LogP contribution >= 0.6 is 0 Å². The van der Waals surface area contributed by atoms with E-state index in [1.807, 2.05) is 19.1 Å². The molecule has 2 aromatic carbocycles. The quantitative estimate of drug-likeness (QED) is 0.766. The highest BCUT2D eigenvalue weighted by atomic mass is 19.1. The highest BCUT2D eigenvalue weighted by Gasteiger charge is 2.10. The second kappa shape index (κ2) is 5.45. The van der Waals surface area contributed by atoms with E-state index in [4.69, 9.17) is 4.74 Å². The van der Waals surface area contributed by atoms with E-state index in [0.29, 0.717) is 17.9 Å². The first kappa shape index (κ1) is 12.3. The van der Waals surface area contributed by atoms with Crippen LogP contribution in [0.2, 0.25) is 0 Å². The maximum absolute atomic E-state index is 13.2. The summed E-state index contributed by atoms with van der Waals surface area (Å²) in [6.45, 7) is 2.28. The molecule has 0 saturated carbocycles. The highest BCUT2D eigenvalue weighted by Crippen LogP contribution is 2.32. The monoisotopic (exact) mass is 244 g/mol. The molecule has 0 fully saturated rings. The van der Waals surface area contributed by atoms with Crippen molar-refractivity contribution < 1.29 is 13.9 Å². The summed E-state index contributed by atoms with van der Waals surface area (Å²) in [5, 5.41) is 0. The summed E-state index contributed by atoms with van der Waals surface area (Å²) in [5.41, 5.74) is 2.03. The summed E-state index contributed by atoms with van der Waals surface area (Å²) in [7, 11) is 0. The Labute approximate surface area is 105 Å². The Hall–Kier alpha value is -2.16. The van der Waals surface area contributed by atoms with Crippen LogP contribution in [0.5, 0.6) is 5.75 Å². The molecule has 0 radical (unpaired) electrons. The Kier molecular flexibility index (Phi) is 3.72. The molecule has 0 aliphatic rings. The number of hydrogen-bond acceptors (Lipinski definition) is 2. The van der Waals surface area contributed by atoms with Crippen molar-refractivity contribution in [2.45, 2.75) is 6.92 Å². The average Bonchev–Trinajstić information content (AvgIpc) is 2.39. The molecule has 0 aliphatic heterocycles. The second-order valence-electron chi connectivity index (χ2n) is 3.78. The summed E-state index contributed by atoms with van der Waals surface area (Å²) < 4.78 is 18.6. The third-order valence-corrected chi connectivity index (χ3v) is 2.62. The zero-order valence-electron chi connectivity index (χ0n) is 10.0. The molecule has 0 aromatic heterocycles. The van der Waals surface area contributed by atoms with E-state index in [0.717, 1.165) is 17.4 Å². The molecule has 3 heteroatoms. The van der Waals surface area contributed by atoms with E-state index in [9.17, 15) is 9.18 Å². The van der Waals surface area contributed by atoms with Crippen LogP contribution in [-0.2, 0) is 0 Å². The fourth-order valence-electron chi connectivity index (χ4n) is 1.84. The van der Waals surface area contributed by atoms with Crippen molar-refractivity contribution in [3.8, 4) is 16.9 Å². The van der Waals surface area contributed by atoms with E-state index in [2.05, 4.69) is 0 Å². The molecule has 92 valence electrons. The summed E-state index contributed by atoms with van der Waals surface area (Å²) in [6.07, 6.45) is 0.786. The Balaban J connectivity index is 2.59. The SMILES string of the molecule is CCOc1cc(F)ccc1-c1ccccc1C=O. The zero-order valence-corrected chi connectivity index (χ0v) is 10.0. The van der Waals surface area contributed by atoms with Crippen molar-refractivity contribution in [3.05, 3.63) is 53.8 Å². The van der Waals surface area contributed by atoms with Gasteiger partial charge in [-0.3, -0.25) is 4.79 Å². The minimum atomic E-state index is -0.356. The van der Waals surface area contributed by atoms with Gasteiger partial charge in [-0.1, -0.05) is 24.3 Å². The molecule has 0 bridgehead atoms. The number of carbonyl (C=O) groups excluding carboxylic acids is 1. The fourth-order valence-corrected chi connectivity index (χ4v) is 1.84. The van der Waals surface area contributed by atoms with E-state index in [-0.39, 0.29) is 5.82 Å². The lowest BCUT2D eigenvalue weighted by atomic mass is 9.99. The van der Waals surface area contributed by atoms with E-state index < -0.39 is 0 Å². The van der Waals surface area contributed by atoms with Crippen molar-refractivity contribution in [1.82, 2.24) is 0 Å². The molecule has 0 heterocycles. The highest BCUT2D eigenvalue weighted by molar-refractivity contribution is 5.89. The first-order valence-corrected chi connectivity index (χ1v) is 5.73. The third kappa shape index (κ3) is 2.40. The Morgan fingerprint density at radius 2 is 1.94 bits per heavy atom. The second-order valence-corrected chi connectivity index (χ2v) is 3.78. The van der Waals surface area contributed by atoms with Gasteiger partial charge in [-0.15, -0.1) is 0 Å². The smallest absolute Gasteiger partial charge is 0.150 e.